The van der Waals surface area contributed by atoms with Crippen LogP contribution in [0.3, 0.4) is 0 Å². The number of benzene rings is 2. The van der Waals surface area contributed by atoms with Gasteiger partial charge in [-0.15, -0.1) is 5.10 Å². The summed E-state index contributed by atoms with van der Waals surface area (Å²) in [5, 5.41) is 4.70. The maximum Gasteiger partial charge on any atom is 0.228 e. The Balaban J connectivity index is 1.62. The second kappa shape index (κ2) is 8.69. The van der Waals surface area contributed by atoms with E-state index in [9.17, 15) is 4.79 Å². The lowest BCUT2D eigenvalue weighted by Crippen LogP contribution is -2.33. The first-order chi connectivity index (χ1) is 17.8. The van der Waals surface area contributed by atoms with E-state index in [1.165, 1.54) is 0 Å². The molecule has 4 aromatic rings. The Kier molecular flexibility index (Phi) is 5.56. The normalized spacial score (nSPS) is 18.3. The number of halogens is 1. The molecule has 2 aromatic heterocycles. The summed E-state index contributed by atoms with van der Waals surface area (Å²) in [6.07, 6.45) is 2.67. The van der Waals surface area contributed by atoms with Gasteiger partial charge in [-0.3, -0.25) is 4.79 Å². The van der Waals surface area contributed by atoms with E-state index >= 15 is 0 Å². The molecule has 8 nitrogen and oxygen atoms in total. The third-order valence-corrected chi connectivity index (χ3v) is 7.61. The molecular formula is C28H25BrN4O4. The first-order valence-corrected chi connectivity index (χ1v) is 12.7. The van der Waals surface area contributed by atoms with Gasteiger partial charge >= 0.3 is 0 Å². The highest BCUT2D eigenvalue weighted by Crippen LogP contribution is 2.51. The van der Waals surface area contributed by atoms with Crippen LogP contribution in [0.15, 0.2) is 64.6 Å². The fourth-order valence-corrected chi connectivity index (χ4v) is 5.73. The molecule has 0 saturated carbocycles. The SMILES string of the molecule is COc1ccc([C@H]2C3=C(CC(C)(C)CC3=O)Oc3ncn4nc(-c5ccccc5Br)nc4c32)cc1OC. The van der Waals surface area contributed by atoms with Crippen LogP contribution < -0.4 is 14.2 Å². The van der Waals surface area contributed by atoms with Crippen LogP contribution in [0.25, 0.3) is 17.0 Å². The minimum absolute atomic E-state index is 0.0595. The molecule has 0 saturated heterocycles. The number of ether oxygens (including phenoxy) is 3. The lowest BCUT2D eigenvalue weighted by molar-refractivity contribution is -0.118. The number of hydrogen-bond acceptors (Lipinski definition) is 7. The van der Waals surface area contributed by atoms with E-state index in [4.69, 9.17) is 24.3 Å². The number of fused-ring (bicyclic) bond motifs is 3. The van der Waals surface area contributed by atoms with Crippen LogP contribution in [-0.4, -0.2) is 39.6 Å². The number of methoxy groups -OCH3 is 2. The quantitative estimate of drug-likeness (QED) is 0.314. The van der Waals surface area contributed by atoms with Crippen molar-refractivity contribution in [3.8, 4) is 28.8 Å². The Morgan fingerprint density at radius 2 is 1.86 bits per heavy atom. The minimum atomic E-state index is -0.449. The van der Waals surface area contributed by atoms with Crippen molar-refractivity contribution in [2.45, 2.75) is 32.6 Å². The topological polar surface area (TPSA) is 87.8 Å². The summed E-state index contributed by atoms with van der Waals surface area (Å²) in [7, 11) is 3.20. The highest BCUT2D eigenvalue weighted by atomic mass is 79.9. The molecule has 188 valence electrons. The Morgan fingerprint density at radius 1 is 1.08 bits per heavy atom. The Hall–Kier alpha value is -3.72. The van der Waals surface area contributed by atoms with Gasteiger partial charge in [0, 0.05) is 28.5 Å². The predicted octanol–water partition coefficient (Wildman–Crippen LogP) is 5.74. The van der Waals surface area contributed by atoms with Crippen LogP contribution in [0.4, 0.5) is 0 Å². The van der Waals surface area contributed by atoms with Crippen molar-refractivity contribution >= 4 is 27.4 Å². The number of aromatic nitrogens is 4. The molecule has 6 rings (SSSR count). The van der Waals surface area contributed by atoms with Crippen molar-refractivity contribution in [3.63, 3.8) is 0 Å². The van der Waals surface area contributed by atoms with E-state index in [-0.39, 0.29) is 11.2 Å². The van der Waals surface area contributed by atoms with Crippen molar-refractivity contribution < 1.29 is 19.0 Å². The molecule has 0 bridgehead atoms. The molecule has 0 radical (unpaired) electrons. The van der Waals surface area contributed by atoms with E-state index in [0.717, 1.165) is 15.6 Å². The van der Waals surface area contributed by atoms with E-state index in [1.54, 1.807) is 25.1 Å². The average Bonchev–Trinajstić information content (AvgIpc) is 3.31. The van der Waals surface area contributed by atoms with Gasteiger partial charge in [-0.25, -0.2) is 14.5 Å². The second-order valence-corrected chi connectivity index (χ2v) is 10.9. The summed E-state index contributed by atoms with van der Waals surface area (Å²) in [5.74, 6) is 2.44. The maximum atomic E-state index is 13.7. The van der Waals surface area contributed by atoms with E-state index in [1.807, 2.05) is 42.5 Å². The molecule has 2 aromatic carbocycles. The van der Waals surface area contributed by atoms with Crippen LogP contribution in [0.5, 0.6) is 17.4 Å². The minimum Gasteiger partial charge on any atom is -0.493 e. The summed E-state index contributed by atoms with van der Waals surface area (Å²) in [4.78, 5) is 23.2. The third-order valence-electron chi connectivity index (χ3n) is 6.92. The van der Waals surface area contributed by atoms with E-state index < -0.39 is 5.92 Å². The van der Waals surface area contributed by atoms with Crippen LogP contribution in [-0.2, 0) is 4.79 Å². The number of rotatable bonds is 4. The molecule has 3 heterocycles. The fraction of sp³-hybridized carbons (Fsp3) is 0.286. The Labute approximate surface area is 222 Å². The van der Waals surface area contributed by atoms with Crippen LogP contribution in [0, 0.1) is 5.41 Å². The molecule has 9 heteroatoms. The molecule has 1 atom stereocenters. The molecule has 0 unspecified atom stereocenters. The van der Waals surface area contributed by atoms with Gasteiger partial charge < -0.3 is 14.2 Å². The summed E-state index contributed by atoms with van der Waals surface area (Å²) in [6, 6.07) is 13.5. The summed E-state index contributed by atoms with van der Waals surface area (Å²) in [6.45, 7) is 4.16. The standard InChI is InChI=1S/C28H25BrN4O4/c1-28(2)12-18(34)23-21(13-28)37-27-24(22(23)15-9-10-19(35-3)20(11-15)36-4)26-31-25(32-33(26)14-30-27)16-7-5-6-8-17(16)29/h5-11,14,22H,12-13H2,1-4H3/t22-/m0/s1. The van der Waals surface area contributed by atoms with Gasteiger partial charge in [-0.05, 0) is 35.2 Å². The first-order valence-electron chi connectivity index (χ1n) is 12.0. The number of carbonyl (C=O) groups excluding carboxylic acids is 1. The van der Waals surface area contributed by atoms with Gasteiger partial charge in [-0.2, -0.15) is 0 Å². The number of nitrogens with zero attached hydrogens (tertiary/aromatic N) is 4. The fourth-order valence-electron chi connectivity index (χ4n) is 5.27. The Morgan fingerprint density at radius 3 is 2.62 bits per heavy atom. The Bertz CT molecular complexity index is 1610. The largest absolute Gasteiger partial charge is 0.493 e. The summed E-state index contributed by atoms with van der Waals surface area (Å²) in [5.41, 5.74) is 3.44. The lowest BCUT2D eigenvalue weighted by atomic mass is 9.70. The van der Waals surface area contributed by atoms with Crippen LogP contribution in [0.1, 0.15) is 43.7 Å². The number of ketones is 1. The van der Waals surface area contributed by atoms with Gasteiger partial charge in [-0.1, -0.05) is 48.0 Å². The van der Waals surface area contributed by atoms with Crippen LogP contribution in [0.2, 0.25) is 0 Å². The molecule has 2 aliphatic rings. The lowest BCUT2D eigenvalue weighted by Gasteiger charge is -2.37. The summed E-state index contributed by atoms with van der Waals surface area (Å²) >= 11 is 3.60. The highest BCUT2D eigenvalue weighted by molar-refractivity contribution is 9.10. The monoisotopic (exact) mass is 560 g/mol. The van der Waals surface area contributed by atoms with Crippen LogP contribution >= 0.6 is 15.9 Å². The van der Waals surface area contributed by atoms with E-state index in [2.05, 4.69) is 34.8 Å². The van der Waals surface area contributed by atoms with Gasteiger partial charge in [0.1, 0.15) is 12.1 Å². The summed E-state index contributed by atoms with van der Waals surface area (Å²) < 4.78 is 19.9. The maximum absolute atomic E-state index is 13.7. The molecular weight excluding hydrogens is 536 g/mol. The number of allylic oxidation sites excluding steroid dienone is 2. The zero-order chi connectivity index (χ0) is 25.9. The molecule has 0 fully saturated rings. The van der Waals surface area contributed by atoms with Gasteiger partial charge in [0.25, 0.3) is 0 Å². The number of hydrogen-bond donors (Lipinski definition) is 0. The molecule has 0 amide bonds. The highest BCUT2D eigenvalue weighted by Gasteiger charge is 2.44. The number of carbonyl (C=O) groups is 1. The molecule has 1 aliphatic heterocycles. The third kappa shape index (κ3) is 3.89. The van der Waals surface area contributed by atoms with Gasteiger partial charge in [0.15, 0.2) is 28.8 Å². The average molecular weight is 561 g/mol. The second-order valence-electron chi connectivity index (χ2n) is 10.1. The first kappa shape index (κ1) is 23.7. The van der Waals surface area contributed by atoms with Crippen molar-refractivity contribution in [2.75, 3.05) is 14.2 Å². The molecule has 0 N–H and O–H groups in total. The zero-order valence-electron chi connectivity index (χ0n) is 20.9. The molecule has 37 heavy (non-hydrogen) atoms. The van der Waals surface area contributed by atoms with Gasteiger partial charge in [0.05, 0.1) is 25.7 Å². The zero-order valence-corrected chi connectivity index (χ0v) is 22.5. The van der Waals surface area contributed by atoms with Crippen molar-refractivity contribution in [3.05, 3.63) is 75.7 Å². The predicted molar refractivity (Wildman–Crippen MR) is 141 cm³/mol. The molecule has 1 aliphatic carbocycles. The van der Waals surface area contributed by atoms with Crippen molar-refractivity contribution in [1.29, 1.82) is 0 Å². The van der Waals surface area contributed by atoms with Crippen molar-refractivity contribution in [2.24, 2.45) is 5.41 Å². The van der Waals surface area contributed by atoms with Gasteiger partial charge in [0.2, 0.25) is 5.88 Å². The number of Topliss-reactive ketones (excluding diaryl/α,β-unsaturated/α-hetero) is 1. The molecule has 0 spiro atoms. The van der Waals surface area contributed by atoms with Crippen molar-refractivity contribution in [1.82, 2.24) is 19.6 Å². The smallest absolute Gasteiger partial charge is 0.228 e. The van der Waals surface area contributed by atoms with E-state index in [0.29, 0.717) is 58.6 Å².